The van der Waals surface area contributed by atoms with E-state index in [9.17, 15) is 4.79 Å². The first kappa shape index (κ1) is 9.36. The first-order chi connectivity index (χ1) is 7.75. The van der Waals surface area contributed by atoms with Gasteiger partial charge in [0, 0.05) is 23.2 Å². The highest BCUT2D eigenvalue weighted by molar-refractivity contribution is 6.34. The monoisotopic (exact) mass is 230 g/mol. The zero-order valence-electron chi connectivity index (χ0n) is 8.20. The Labute approximate surface area is 95.7 Å². The summed E-state index contributed by atoms with van der Waals surface area (Å²) in [6.45, 7) is 0. The Morgan fingerprint density at radius 2 is 1.88 bits per heavy atom. The minimum Gasteiger partial charge on any atom is -0.329 e. The van der Waals surface area contributed by atoms with Crippen LogP contribution in [0.25, 0.3) is 21.5 Å². The molecule has 2 heterocycles. The largest absolute Gasteiger partial charge is 0.329 e. The van der Waals surface area contributed by atoms with Gasteiger partial charge in [0.25, 0.3) is 5.56 Å². The fourth-order valence-electron chi connectivity index (χ4n) is 1.82. The van der Waals surface area contributed by atoms with Gasteiger partial charge < -0.3 is 4.98 Å². The zero-order chi connectivity index (χ0) is 11.1. The summed E-state index contributed by atoms with van der Waals surface area (Å²) in [5, 5.41) is 3.77. The van der Waals surface area contributed by atoms with Gasteiger partial charge in [-0.25, -0.2) is 4.98 Å². The van der Waals surface area contributed by atoms with Crippen molar-refractivity contribution >= 4 is 33.1 Å². The number of aromatic amines is 1. The van der Waals surface area contributed by atoms with Crippen molar-refractivity contribution in [1.82, 2.24) is 9.97 Å². The van der Waals surface area contributed by atoms with Crippen LogP contribution < -0.4 is 5.56 Å². The van der Waals surface area contributed by atoms with E-state index in [0.29, 0.717) is 10.5 Å². The van der Waals surface area contributed by atoms with Crippen LogP contribution in [0.15, 0.2) is 41.5 Å². The Morgan fingerprint density at radius 1 is 1.12 bits per heavy atom. The summed E-state index contributed by atoms with van der Waals surface area (Å²) in [5.74, 6) is 0. The van der Waals surface area contributed by atoms with Crippen LogP contribution in [0.5, 0.6) is 0 Å². The van der Waals surface area contributed by atoms with E-state index >= 15 is 0 Å². The maximum atomic E-state index is 11.6. The van der Waals surface area contributed by atoms with Crippen LogP contribution >= 0.6 is 11.6 Å². The highest BCUT2D eigenvalue weighted by Gasteiger charge is 2.04. The predicted molar refractivity (Wildman–Crippen MR) is 64.9 cm³/mol. The second-order valence-electron chi connectivity index (χ2n) is 3.57. The quantitative estimate of drug-likeness (QED) is 0.477. The molecule has 0 fully saturated rings. The molecule has 3 nitrogen and oxygen atoms in total. The molecule has 1 N–H and O–H groups in total. The Balaban J connectivity index is 2.59. The number of fused-ring (bicyclic) bond motifs is 2. The molecule has 0 atom stereocenters. The molecule has 16 heavy (non-hydrogen) atoms. The highest BCUT2D eigenvalue weighted by atomic mass is 35.5. The molecular formula is C12H7ClN2O. The number of benzene rings is 1. The molecule has 4 heteroatoms. The van der Waals surface area contributed by atoms with Crippen molar-refractivity contribution in [2.45, 2.75) is 0 Å². The maximum Gasteiger partial charge on any atom is 0.255 e. The smallest absolute Gasteiger partial charge is 0.255 e. The molecule has 0 amide bonds. The summed E-state index contributed by atoms with van der Waals surface area (Å²) in [4.78, 5) is 18.3. The van der Waals surface area contributed by atoms with Crippen molar-refractivity contribution in [1.29, 1.82) is 0 Å². The lowest BCUT2D eigenvalue weighted by Crippen LogP contribution is -2.04. The average Bonchev–Trinajstić information content (AvgIpc) is 2.29. The lowest BCUT2D eigenvalue weighted by molar-refractivity contribution is 1.28. The third kappa shape index (κ3) is 1.29. The van der Waals surface area contributed by atoms with E-state index in [2.05, 4.69) is 9.97 Å². The Hall–Kier alpha value is -1.87. The van der Waals surface area contributed by atoms with Crippen LogP contribution in [-0.4, -0.2) is 9.97 Å². The number of H-pyrrole nitrogens is 1. The number of aromatic nitrogens is 2. The van der Waals surface area contributed by atoms with Crippen molar-refractivity contribution in [2.24, 2.45) is 0 Å². The minimum atomic E-state index is -0.0904. The van der Waals surface area contributed by atoms with Gasteiger partial charge in [-0.05, 0) is 35.0 Å². The zero-order valence-corrected chi connectivity index (χ0v) is 8.95. The third-order valence-electron chi connectivity index (χ3n) is 2.61. The molecule has 0 saturated carbocycles. The minimum absolute atomic E-state index is 0.0904. The molecule has 0 saturated heterocycles. The standard InChI is InChI=1S/C12H7ClN2O/c13-11-9-5-8-2-4-15-12(16)10(8)6-7(9)1-3-14-11/h1-6H,(H,15,16). The predicted octanol–water partition coefficient (Wildman–Crippen LogP) is 2.73. The molecule has 3 aromatic rings. The normalized spacial score (nSPS) is 11.1. The topological polar surface area (TPSA) is 45.8 Å². The fraction of sp³-hybridized carbons (Fsp3) is 0. The Bertz CT molecular complexity index is 749. The molecule has 0 bridgehead atoms. The van der Waals surface area contributed by atoms with Gasteiger partial charge in [0.1, 0.15) is 5.15 Å². The first-order valence-electron chi connectivity index (χ1n) is 4.81. The van der Waals surface area contributed by atoms with E-state index in [0.717, 1.165) is 16.2 Å². The van der Waals surface area contributed by atoms with Gasteiger partial charge in [-0.15, -0.1) is 0 Å². The molecule has 1 aromatic carbocycles. The lowest BCUT2D eigenvalue weighted by Gasteiger charge is -2.02. The molecule has 0 aliphatic carbocycles. The SMILES string of the molecule is O=c1[nH]ccc2cc3c(Cl)nccc3cc12. The number of halogens is 1. The number of pyridine rings is 2. The summed E-state index contributed by atoms with van der Waals surface area (Å²) in [7, 11) is 0. The van der Waals surface area contributed by atoms with E-state index in [4.69, 9.17) is 11.6 Å². The number of hydrogen-bond donors (Lipinski definition) is 1. The molecule has 0 spiro atoms. The second-order valence-corrected chi connectivity index (χ2v) is 3.93. The van der Waals surface area contributed by atoms with Crippen LogP contribution in [0.1, 0.15) is 0 Å². The van der Waals surface area contributed by atoms with Gasteiger partial charge in [-0.1, -0.05) is 11.6 Å². The first-order valence-corrected chi connectivity index (χ1v) is 5.19. The van der Waals surface area contributed by atoms with Crippen molar-refractivity contribution in [3.63, 3.8) is 0 Å². The van der Waals surface area contributed by atoms with Crippen molar-refractivity contribution in [3.8, 4) is 0 Å². The number of hydrogen-bond acceptors (Lipinski definition) is 2. The van der Waals surface area contributed by atoms with Gasteiger partial charge in [0.2, 0.25) is 0 Å². The van der Waals surface area contributed by atoms with Crippen LogP contribution in [0.3, 0.4) is 0 Å². The molecule has 3 rings (SSSR count). The number of nitrogens with one attached hydrogen (secondary N) is 1. The van der Waals surface area contributed by atoms with Gasteiger partial charge in [0.05, 0.1) is 0 Å². The van der Waals surface area contributed by atoms with E-state index in [-0.39, 0.29) is 5.56 Å². The van der Waals surface area contributed by atoms with E-state index in [1.165, 1.54) is 0 Å². The van der Waals surface area contributed by atoms with Crippen molar-refractivity contribution in [3.05, 3.63) is 52.2 Å². The van der Waals surface area contributed by atoms with Gasteiger partial charge in [-0.3, -0.25) is 4.79 Å². The van der Waals surface area contributed by atoms with Gasteiger partial charge in [-0.2, -0.15) is 0 Å². The van der Waals surface area contributed by atoms with Crippen molar-refractivity contribution < 1.29 is 0 Å². The van der Waals surface area contributed by atoms with Crippen LogP contribution in [-0.2, 0) is 0 Å². The van der Waals surface area contributed by atoms with Crippen molar-refractivity contribution in [2.75, 3.05) is 0 Å². The lowest BCUT2D eigenvalue weighted by atomic mass is 10.1. The number of rotatable bonds is 0. The van der Waals surface area contributed by atoms with E-state index < -0.39 is 0 Å². The van der Waals surface area contributed by atoms with Gasteiger partial charge >= 0.3 is 0 Å². The highest BCUT2D eigenvalue weighted by Crippen LogP contribution is 2.24. The molecule has 78 valence electrons. The summed E-state index contributed by atoms with van der Waals surface area (Å²) >= 11 is 6.00. The van der Waals surface area contributed by atoms with Crippen LogP contribution in [0.2, 0.25) is 5.15 Å². The Morgan fingerprint density at radius 3 is 2.75 bits per heavy atom. The maximum absolute atomic E-state index is 11.6. The van der Waals surface area contributed by atoms with Gasteiger partial charge in [0.15, 0.2) is 0 Å². The molecule has 0 unspecified atom stereocenters. The molecule has 2 aromatic heterocycles. The summed E-state index contributed by atoms with van der Waals surface area (Å²) in [5.41, 5.74) is -0.0904. The molecule has 0 aliphatic rings. The fourth-order valence-corrected chi connectivity index (χ4v) is 2.04. The molecule has 0 aliphatic heterocycles. The third-order valence-corrected chi connectivity index (χ3v) is 2.91. The second kappa shape index (κ2) is 3.32. The number of nitrogens with zero attached hydrogens (tertiary/aromatic N) is 1. The summed E-state index contributed by atoms with van der Waals surface area (Å²) in [6, 6.07) is 7.40. The van der Waals surface area contributed by atoms with Crippen LogP contribution in [0, 0.1) is 0 Å². The van der Waals surface area contributed by atoms with E-state index in [1.54, 1.807) is 12.4 Å². The summed E-state index contributed by atoms with van der Waals surface area (Å²) in [6.07, 6.45) is 3.26. The average molecular weight is 231 g/mol. The molecular weight excluding hydrogens is 224 g/mol. The summed E-state index contributed by atoms with van der Waals surface area (Å²) < 4.78 is 0. The Kier molecular flexibility index (Phi) is 1.94. The van der Waals surface area contributed by atoms with E-state index in [1.807, 2.05) is 24.3 Å². The molecule has 0 radical (unpaired) electrons. The van der Waals surface area contributed by atoms with Crippen LogP contribution in [0.4, 0.5) is 0 Å².